The highest BCUT2D eigenvalue weighted by atomic mass is 35.5. The Bertz CT molecular complexity index is 602. The number of aromatic nitrogens is 2. The fourth-order valence-corrected chi connectivity index (χ4v) is 1.55. The molecule has 0 radical (unpaired) electrons. The predicted octanol–water partition coefficient (Wildman–Crippen LogP) is 3.22. The van der Waals surface area contributed by atoms with Crippen LogP contribution in [0.4, 0.5) is 5.69 Å². The minimum atomic E-state index is -0.512. The molecule has 0 fully saturated rings. The van der Waals surface area contributed by atoms with Gasteiger partial charge in [-0.15, -0.1) is 11.6 Å². The van der Waals surface area contributed by atoms with Crippen molar-refractivity contribution in [1.82, 2.24) is 9.97 Å². The molecule has 0 amide bonds. The number of nitro benzene ring substituents is 1. The molecule has 0 N–H and O–H groups in total. The van der Waals surface area contributed by atoms with E-state index < -0.39 is 4.92 Å². The van der Waals surface area contributed by atoms with Crippen LogP contribution in [0.3, 0.4) is 0 Å². The smallest absolute Gasteiger partial charge is 0.322 e. The number of hydrogen-bond acceptors (Lipinski definition) is 5. The van der Waals surface area contributed by atoms with E-state index in [1.165, 1.54) is 18.5 Å². The lowest BCUT2D eigenvalue weighted by atomic mass is 10.2. The fraction of sp³-hybridized carbons (Fsp3) is 0.167. The number of benzene rings is 1. The second kappa shape index (κ2) is 5.62. The SMILES string of the molecule is Cc1ccc([N+](=O)[O-])c(Oc2ncc(CCl)cn2)c1. The van der Waals surface area contributed by atoms with Gasteiger partial charge in [-0.1, -0.05) is 6.07 Å². The molecule has 1 aromatic carbocycles. The summed E-state index contributed by atoms with van der Waals surface area (Å²) in [6, 6.07) is 4.64. The van der Waals surface area contributed by atoms with Crippen molar-refractivity contribution in [2.45, 2.75) is 12.8 Å². The maximum absolute atomic E-state index is 10.9. The van der Waals surface area contributed by atoms with Crippen LogP contribution in [-0.4, -0.2) is 14.9 Å². The maximum Gasteiger partial charge on any atom is 0.322 e. The van der Waals surface area contributed by atoms with Gasteiger partial charge in [0.25, 0.3) is 0 Å². The molecule has 98 valence electrons. The van der Waals surface area contributed by atoms with Crippen molar-refractivity contribution in [2.24, 2.45) is 0 Å². The first kappa shape index (κ1) is 13.2. The summed E-state index contributed by atoms with van der Waals surface area (Å²) in [6.45, 7) is 1.81. The minimum absolute atomic E-state index is 0.0440. The normalized spacial score (nSPS) is 10.2. The average molecular weight is 280 g/mol. The third-order valence-electron chi connectivity index (χ3n) is 2.35. The van der Waals surface area contributed by atoms with Crippen molar-refractivity contribution in [3.05, 3.63) is 51.8 Å². The molecule has 0 atom stereocenters. The number of nitro groups is 1. The van der Waals surface area contributed by atoms with Gasteiger partial charge >= 0.3 is 11.7 Å². The second-order valence-corrected chi connectivity index (χ2v) is 4.11. The van der Waals surface area contributed by atoms with Crippen LogP contribution < -0.4 is 4.74 Å². The zero-order valence-electron chi connectivity index (χ0n) is 10.0. The van der Waals surface area contributed by atoms with Crippen LogP contribution in [0.5, 0.6) is 11.8 Å². The summed E-state index contributed by atoms with van der Waals surface area (Å²) in [5, 5.41) is 10.9. The van der Waals surface area contributed by atoms with Crippen molar-refractivity contribution in [3.8, 4) is 11.8 Å². The third kappa shape index (κ3) is 3.17. The van der Waals surface area contributed by atoms with Gasteiger partial charge in [0.15, 0.2) is 0 Å². The van der Waals surface area contributed by atoms with Gasteiger partial charge in [0.05, 0.1) is 10.8 Å². The summed E-state index contributed by atoms with van der Waals surface area (Å²) in [5.41, 5.74) is 1.46. The van der Waals surface area contributed by atoms with E-state index in [2.05, 4.69) is 9.97 Å². The maximum atomic E-state index is 10.9. The molecule has 2 rings (SSSR count). The van der Waals surface area contributed by atoms with Gasteiger partial charge < -0.3 is 4.74 Å². The van der Waals surface area contributed by atoms with Crippen LogP contribution in [0.25, 0.3) is 0 Å². The van der Waals surface area contributed by atoms with Gasteiger partial charge in [0.2, 0.25) is 5.75 Å². The van der Waals surface area contributed by atoms with E-state index in [4.69, 9.17) is 16.3 Å². The average Bonchev–Trinajstić information content (AvgIpc) is 2.39. The molecule has 2 aromatic rings. The van der Waals surface area contributed by atoms with Gasteiger partial charge in [0.1, 0.15) is 0 Å². The largest absolute Gasteiger partial charge is 0.417 e. The standard InChI is InChI=1S/C12H10ClN3O3/c1-8-2-3-10(16(17)18)11(4-8)19-12-14-6-9(5-13)7-15-12/h2-4,6-7H,5H2,1H3. The van der Waals surface area contributed by atoms with Crippen molar-refractivity contribution >= 4 is 17.3 Å². The molecular weight excluding hydrogens is 270 g/mol. The van der Waals surface area contributed by atoms with E-state index >= 15 is 0 Å². The highest BCUT2D eigenvalue weighted by Crippen LogP contribution is 2.30. The monoisotopic (exact) mass is 279 g/mol. The van der Waals surface area contributed by atoms with Gasteiger partial charge in [-0.25, -0.2) is 9.97 Å². The second-order valence-electron chi connectivity index (χ2n) is 3.84. The summed E-state index contributed by atoms with van der Waals surface area (Å²) >= 11 is 5.62. The van der Waals surface area contributed by atoms with E-state index in [-0.39, 0.29) is 17.4 Å². The van der Waals surface area contributed by atoms with Gasteiger partial charge in [-0.3, -0.25) is 10.1 Å². The summed E-state index contributed by atoms with van der Waals surface area (Å²) in [7, 11) is 0. The Morgan fingerprint density at radius 2 is 2.05 bits per heavy atom. The Hall–Kier alpha value is -2.21. The van der Waals surface area contributed by atoms with Gasteiger partial charge in [0, 0.05) is 24.0 Å². The van der Waals surface area contributed by atoms with E-state index in [1.807, 2.05) is 6.92 Å². The topological polar surface area (TPSA) is 78.2 Å². The highest BCUT2D eigenvalue weighted by molar-refractivity contribution is 6.17. The van der Waals surface area contributed by atoms with Crippen LogP contribution in [0, 0.1) is 17.0 Å². The molecule has 1 aromatic heterocycles. The highest BCUT2D eigenvalue weighted by Gasteiger charge is 2.16. The summed E-state index contributed by atoms with van der Waals surface area (Å²) < 4.78 is 5.34. The van der Waals surface area contributed by atoms with Crippen LogP contribution in [-0.2, 0) is 5.88 Å². The minimum Gasteiger partial charge on any atom is -0.417 e. The zero-order chi connectivity index (χ0) is 13.8. The number of aryl methyl sites for hydroxylation is 1. The van der Waals surface area contributed by atoms with E-state index in [0.29, 0.717) is 5.88 Å². The molecule has 7 heteroatoms. The number of hydrogen-bond donors (Lipinski definition) is 0. The first-order chi connectivity index (χ1) is 9.10. The Morgan fingerprint density at radius 1 is 1.37 bits per heavy atom. The number of halogens is 1. The van der Waals surface area contributed by atoms with Crippen molar-refractivity contribution in [2.75, 3.05) is 0 Å². The molecule has 1 heterocycles. The predicted molar refractivity (Wildman–Crippen MR) is 69.5 cm³/mol. The molecule has 0 saturated heterocycles. The summed E-state index contributed by atoms with van der Waals surface area (Å²) in [5.74, 6) is 0.411. The van der Waals surface area contributed by atoms with Crippen molar-refractivity contribution in [3.63, 3.8) is 0 Å². The third-order valence-corrected chi connectivity index (χ3v) is 2.66. The molecule has 0 spiro atoms. The number of ether oxygens (including phenoxy) is 1. The molecule has 0 aliphatic rings. The Balaban J connectivity index is 2.31. The molecule has 6 nitrogen and oxygen atoms in total. The van der Waals surface area contributed by atoms with Gasteiger partial charge in [-0.05, 0) is 18.6 Å². The number of rotatable bonds is 4. The van der Waals surface area contributed by atoms with Crippen LogP contribution in [0.2, 0.25) is 0 Å². The summed E-state index contributed by atoms with van der Waals surface area (Å²) in [6.07, 6.45) is 3.02. The van der Waals surface area contributed by atoms with Crippen molar-refractivity contribution < 1.29 is 9.66 Å². The molecule has 0 aliphatic carbocycles. The van der Waals surface area contributed by atoms with E-state index in [0.717, 1.165) is 11.1 Å². The Morgan fingerprint density at radius 3 is 2.63 bits per heavy atom. The lowest BCUT2D eigenvalue weighted by Gasteiger charge is -2.05. The molecule has 19 heavy (non-hydrogen) atoms. The number of alkyl halides is 1. The Kier molecular flexibility index (Phi) is 3.91. The molecule has 0 bridgehead atoms. The zero-order valence-corrected chi connectivity index (χ0v) is 10.8. The quantitative estimate of drug-likeness (QED) is 0.488. The van der Waals surface area contributed by atoms with Crippen LogP contribution in [0.1, 0.15) is 11.1 Å². The fourth-order valence-electron chi connectivity index (χ4n) is 1.42. The van der Waals surface area contributed by atoms with Gasteiger partial charge in [-0.2, -0.15) is 0 Å². The lowest BCUT2D eigenvalue weighted by molar-refractivity contribution is -0.385. The molecule has 0 saturated carbocycles. The van der Waals surface area contributed by atoms with Crippen LogP contribution in [0.15, 0.2) is 30.6 Å². The lowest BCUT2D eigenvalue weighted by Crippen LogP contribution is -1.97. The Labute approximate surface area is 114 Å². The van der Waals surface area contributed by atoms with Crippen molar-refractivity contribution in [1.29, 1.82) is 0 Å². The van der Waals surface area contributed by atoms with E-state index in [1.54, 1.807) is 12.1 Å². The molecular formula is C12H10ClN3O3. The molecule has 0 aliphatic heterocycles. The first-order valence-corrected chi connectivity index (χ1v) is 5.93. The molecule has 0 unspecified atom stereocenters. The first-order valence-electron chi connectivity index (χ1n) is 5.40. The van der Waals surface area contributed by atoms with Crippen LogP contribution >= 0.6 is 11.6 Å². The van der Waals surface area contributed by atoms with E-state index in [9.17, 15) is 10.1 Å². The summed E-state index contributed by atoms with van der Waals surface area (Å²) in [4.78, 5) is 18.2. The number of nitrogens with zero attached hydrogens (tertiary/aromatic N) is 3.